The summed E-state index contributed by atoms with van der Waals surface area (Å²) in [5.41, 5.74) is 4.35. The summed E-state index contributed by atoms with van der Waals surface area (Å²) < 4.78 is 7.14. The van der Waals surface area contributed by atoms with Crippen molar-refractivity contribution in [2.75, 3.05) is 37.6 Å². The number of nitrogens with one attached hydrogen (secondary N) is 1. The number of aryl methyl sites for hydroxylation is 1. The molecule has 14 heteroatoms. The molecule has 0 radical (unpaired) electrons. The average Bonchev–Trinajstić information content (AvgIpc) is 3.33. The third-order valence-corrected chi connectivity index (χ3v) is 10.8. The number of hydrogen-bond donors (Lipinski definition) is 2. The van der Waals surface area contributed by atoms with Crippen LogP contribution in [-0.2, 0) is 14.3 Å². The van der Waals surface area contributed by atoms with Gasteiger partial charge in [-0.05, 0) is 64.5 Å². The van der Waals surface area contributed by atoms with E-state index in [9.17, 15) is 19.5 Å². The van der Waals surface area contributed by atoms with Crippen LogP contribution in [0.25, 0.3) is 10.4 Å². The lowest BCUT2D eigenvalue weighted by atomic mass is 9.73. The van der Waals surface area contributed by atoms with Crippen molar-refractivity contribution in [1.29, 1.82) is 0 Å². The van der Waals surface area contributed by atoms with Crippen molar-refractivity contribution in [3.63, 3.8) is 0 Å². The van der Waals surface area contributed by atoms with Crippen molar-refractivity contribution in [2.45, 2.75) is 83.7 Å². The SMILES string of the molecule is Cc1ncsc1-c1ccc([C@H](C)NC(=O)[C@@H]2C[C@@H](O)CN2C(=O)C(C2CC2)n2cc(N3CC4(CN(C(=O)OC(C)(C)C)C4)C3)nn2)cc1. The number of aliphatic hydroxyl groups is 1. The molecular formula is C34H44N8O5S. The van der Waals surface area contributed by atoms with Gasteiger partial charge in [0.25, 0.3) is 0 Å². The number of rotatable bonds is 8. The van der Waals surface area contributed by atoms with Crippen LogP contribution in [0.3, 0.4) is 0 Å². The smallest absolute Gasteiger partial charge is 0.410 e. The Bertz CT molecular complexity index is 1680. The Morgan fingerprint density at radius 1 is 1.10 bits per heavy atom. The maximum absolute atomic E-state index is 14.1. The van der Waals surface area contributed by atoms with E-state index < -0.39 is 23.8 Å². The van der Waals surface area contributed by atoms with Gasteiger partial charge in [-0.3, -0.25) is 9.59 Å². The molecule has 0 bridgehead atoms. The second kappa shape index (κ2) is 12.1. The van der Waals surface area contributed by atoms with Gasteiger partial charge in [-0.25, -0.2) is 14.5 Å². The van der Waals surface area contributed by atoms with Crippen molar-refractivity contribution in [3.05, 3.63) is 47.2 Å². The van der Waals surface area contributed by atoms with Gasteiger partial charge >= 0.3 is 6.09 Å². The van der Waals surface area contributed by atoms with Crippen molar-refractivity contribution in [2.24, 2.45) is 11.3 Å². The minimum Gasteiger partial charge on any atom is -0.444 e. The van der Waals surface area contributed by atoms with Crippen LogP contribution in [0.4, 0.5) is 10.6 Å². The van der Waals surface area contributed by atoms with Crippen molar-refractivity contribution in [3.8, 4) is 10.4 Å². The van der Waals surface area contributed by atoms with Crippen LogP contribution in [0.5, 0.6) is 0 Å². The average molecular weight is 677 g/mol. The number of aromatic nitrogens is 4. The molecule has 1 aliphatic carbocycles. The van der Waals surface area contributed by atoms with Gasteiger partial charge < -0.3 is 29.9 Å². The van der Waals surface area contributed by atoms with Gasteiger partial charge in [0.1, 0.15) is 17.7 Å². The Labute approximate surface area is 284 Å². The van der Waals surface area contributed by atoms with Gasteiger partial charge in [-0.1, -0.05) is 29.5 Å². The Hall–Kier alpha value is -4.04. The summed E-state index contributed by atoms with van der Waals surface area (Å²) >= 11 is 1.60. The number of anilines is 1. The van der Waals surface area contributed by atoms with Crippen LogP contribution in [0.1, 0.15) is 70.3 Å². The maximum Gasteiger partial charge on any atom is 0.410 e. The van der Waals surface area contributed by atoms with Crippen molar-refractivity contribution in [1.82, 2.24) is 35.1 Å². The lowest BCUT2D eigenvalue weighted by molar-refractivity contribution is -0.142. The van der Waals surface area contributed by atoms with Gasteiger partial charge in [0, 0.05) is 44.6 Å². The van der Waals surface area contributed by atoms with Crippen LogP contribution in [-0.4, -0.2) is 103 Å². The molecule has 5 heterocycles. The number of likely N-dealkylation sites (tertiary alicyclic amines) is 2. The highest BCUT2D eigenvalue weighted by molar-refractivity contribution is 7.13. The first-order valence-corrected chi connectivity index (χ1v) is 17.6. The van der Waals surface area contributed by atoms with Crippen LogP contribution in [0.2, 0.25) is 0 Å². The predicted molar refractivity (Wildman–Crippen MR) is 179 cm³/mol. The Kier molecular flexibility index (Phi) is 8.22. The van der Waals surface area contributed by atoms with Crippen molar-refractivity contribution >= 4 is 35.1 Å². The zero-order valence-electron chi connectivity index (χ0n) is 28.1. The second-order valence-corrected chi connectivity index (χ2v) is 15.9. The highest BCUT2D eigenvalue weighted by Crippen LogP contribution is 2.44. The van der Waals surface area contributed by atoms with Gasteiger partial charge in [0.15, 0.2) is 5.82 Å². The third kappa shape index (κ3) is 6.39. The first-order chi connectivity index (χ1) is 22.8. The molecule has 256 valence electrons. The highest BCUT2D eigenvalue weighted by atomic mass is 32.1. The zero-order chi connectivity index (χ0) is 34.0. The summed E-state index contributed by atoms with van der Waals surface area (Å²) in [5, 5.41) is 22.5. The normalized spacial score (nSPS) is 23.0. The van der Waals surface area contributed by atoms with Gasteiger partial charge in [-0.15, -0.1) is 16.4 Å². The molecule has 3 saturated heterocycles. The number of β-amino-alcohol motifs (C(OH)–C–C–N with tert-alkyl or cyclic N) is 1. The number of hydrogen-bond acceptors (Lipinski definition) is 10. The lowest BCUT2D eigenvalue weighted by Crippen LogP contribution is -2.73. The monoisotopic (exact) mass is 676 g/mol. The number of nitrogens with zero attached hydrogens (tertiary/aromatic N) is 7. The van der Waals surface area contributed by atoms with Gasteiger partial charge in [0.2, 0.25) is 11.8 Å². The van der Waals surface area contributed by atoms with Gasteiger partial charge in [-0.2, -0.15) is 0 Å². The first kappa shape index (κ1) is 32.5. The Morgan fingerprint density at radius 2 is 1.81 bits per heavy atom. The molecule has 13 nitrogen and oxygen atoms in total. The molecule has 2 N–H and O–H groups in total. The quantitative estimate of drug-likeness (QED) is 0.366. The molecule has 1 aromatic carbocycles. The minimum atomic E-state index is -0.784. The Morgan fingerprint density at radius 3 is 2.44 bits per heavy atom. The summed E-state index contributed by atoms with van der Waals surface area (Å²) in [4.78, 5) is 51.0. The van der Waals surface area contributed by atoms with E-state index in [-0.39, 0.29) is 48.2 Å². The fourth-order valence-corrected chi connectivity index (χ4v) is 8.02. The molecule has 48 heavy (non-hydrogen) atoms. The number of ether oxygens (including phenoxy) is 1. The number of aliphatic hydroxyl groups excluding tert-OH is 1. The van der Waals surface area contributed by atoms with Crippen LogP contribution < -0.4 is 10.2 Å². The maximum atomic E-state index is 14.1. The summed E-state index contributed by atoms with van der Waals surface area (Å²) in [6, 6.07) is 6.41. The fraction of sp³-hybridized carbons (Fsp3) is 0.588. The predicted octanol–water partition coefficient (Wildman–Crippen LogP) is 3.56. The van der Waals surface area contributed by atoms with E-state index in [4.69, 9.17) is 4.74 Å². The van der Waals surface area contributed by atoms with Crippen molar-refractivity contribution < 1.29 is 24.2 Å². The van der Waals surface area contributed by atoms with E-state index >= 15 is 0 Å². The molecule has 1 spiro atoms. The van der Waals surface area contributed by atoms with Crippen LogP contribution in [0, 0.1) is 18.3 Å². The van der Waals surface area contributed by atoms with E-state index in [1.54, 1.807) is 20.9 Å². The zero-order valence-corrected chi connectivity index (χ0v) is 28.9. The summed E-state index contributed by atoms with van der Waals surface area (Å²) in [6.45, 7) is 12.4. The summed E-state index contributed by atoms with van der Waals surface area (Å²) in [5.74, 6) is 0.297. The molecule has 4 fully saturated rings. The molecule has 1 saturated carbocycles. The molecule has 3 aromatic rings. The fourth-order valence-electron chi connectivity index (χ4n) is 7.21. The molecule has 7 rings (SSSR count). The van der Waals surface area contributed by atoms with Crippen LogP contribution >= 0.6 is 11.3 Å². The minimum absolute atomic E-state index is 0.0262. The van der Waals surface area contributed by atoms with E-state index in [2.05, 4.69) is 25.5 Å². The van der Waals surface area contributed by atoms with E-state index in [0.29, 0.717) is 18.9 Å². The number of carbonyl (C=O) groups excluding carboxylic acids is 3. The molecule has 4 atom stereocenters. The first-order valence-electron chi connectivity index (χ1n) is 16.7. The molecule has 4 aliphatic rings. The largest absolute Gasteiger partial charge is 0.444 e. The Balaban J connectivity index is 0.976. The lowest BCUT2D eigenvalue weighted by Gasteiger charge is -2.59. The standard InChI is InChI=1S/C34H44N8O5S/c1-20(22-6-10-24(11-7-22)29-21(2)35-19-48-29)36-30(44)26-12-25(43)13-41(26)31(45)28(23-8-9-23)42-14-27(37-38-42)39-15-34(16-39)17-40(18-34)32(46)47-33(3,4)5/h6-7,10-11,14,19-20,23,25-26,28,43H,8-9,12-13,15-18H2,1-5H3,(H,36,44)/t20-,25+,26-,28?/m0/s1. The number of carbonyl (C=O) groups is 3. The molecule has 3 aliphatic heterocycles. The third-order valence-electron chi connectivity index (χ3n) is 9.83. The summed E-state index contributed by atoms with van der Waals surface area (Å²) in [6.07, 6.45) is 2.71. The number of amides is 3. The highest BCUT2D eigenvalue weighted by Gasteiger charge is 2.55. The van der Waals surface area contributed by atoms with Crippen LogP contribution in [0.15, 0.2) is 36.0 Å². The molecular weight excluding hydrogens is 632 g/mol. The topological polar surface area (TPSA) is 146 Å². The van der Waals surface area contributed by atoms with Gasteiger partial charge in [0.05, 0.1) is 34.4 Å². The van der Waals surface area contributed by atoms with E-state index in [1.807, 2.05) is 70.6 Å². The summed E-state index contributed by atoms with van der Waals surface area (Å²) in [7, 11) is 0. The van der Waals surface area contributed by atoms with E-state index in [0.717, 1.165) is 47.6 Å². The number of benzene rings is 1. The molecule has 3 amide bonds. The molecule has 2 aromatic heterocycles. The van der Waals surface area contributed by atoms with E-state index in [1.165, 1.54) is 4.90 Å². The second-order valence-electron chi connectivity index (χ2n) is 15.0. The number of thiazole rings is 1. The molecule has 1 unspecified atom stereocenters.